The van der Waals surface area contributed by atoms with Gasteiger partial charge in [-0.25, -0.2) is 9.78 Å². The lowest BCUT2D eigenvalue weighted by molar-refractivity contribution is 0.209. The van der Waals surface area contributed by atoms with Crippen LogP contribution >= 0.6 is 11.3 Å². The molecule has 4 aromatic rings. The second kappa shape index (κ2) is 7.95. The Morgan fingerprint density at radius 1 is 1.17 bits per heavy atom. The van der Waals surface area contributed by atoms with E-state index in [9.17, 15) is 4.79 Å². The van der Waals surface area contributed by atoms with Gasteiger partial charge < -0.3 is 10.2 Å². The fourth-order valence-corrected chi connectivity index (χ4v) is 4.57. The number of hydrogen-bond acceptors (Lipinski definition) is 3. The normalized spacial score (nSPS) is 13.5. The van der Waals surface area contributed by atoms with Crippen molar-refractivity contribution in [3.8, 4) is 11.3 Å². The van der Waals surface area contributed by atoms with Crippen molar-refractivity contribution in [2.24, 2.45) is 0 Å². The van der Waals surface area contributed by atoms with Gasteiger partial charge in [0.1, 0.15) is 0 Å². The number of nitrogens with zero attached hydrogens (tertiary/aromatic N) is 3. The number of amides is 2. The summed E-state index contributed by atoms with van der Waals surface area (Å²) in [6.07, 6.45) is 5.08. The zero-order chi connectivity index (χ0) is 20.5. The summed E-state index contributed by atoms with van der Waals surface area (Å²) in [5.41, 5.74) is 5.33. The number of urea groups is 1. The van der Waals surface area contributed by atoms with Gasteiger partial charge in [-0.1, -0.05) is 48.0 Å². The van der Waals surface area contributed by atoms with Crippen LogP contribution in [0.1, 0.15) is 24.1 Å². The van der Waals surface area contributed by atoms with E-state index in [2.05, 4.69) is 33.4 Å². The predicted octanol–water partition coefficient (Wildman–Crippen LogP) is 5.61. The summed E-state index contributed by atoms with van der Waals surface area (Å²) in [5.74, 6) is 0. The van der Waals surface area contributed by atoms with E-state index >= 15 is 0 Å². The van der Waals surface area contributed by atoms with Crippen LogP contribution in [-0.4, -0.2) is 32.9 Å². The van der Waals surface area contributed by atoms with Crippen molar-refractivity contribution >= 4 is 28.0 Å². The number of fused-ring (bicyclic) bond motifs is 1. The van der Waals surface area contributed by atoms with Crippen LogP contribution < -0.4 is 5.32 Å². The number of rotatable bonds is 6. The topological polar surface area (TPSA) is 49.6 Å². The summed E-state index contributed by atoms with van der Waals surface area (Å²) in [7, 11) is 0. The van der Waals surface area contributed by atoms with Crippen molar-refractivity contribution in [2.45, 2.75) is 32.2 Å². The number of nitrogens with one attached hydrogen (secondary N) is 1. The molecule has 2 heterocycles. The molecule has 0 radical (unpaired) electrons. The molecule has 1 aliphatic carbocycles. The van der Waals surface area contributed by atoms with E-state index in [0.717, 1.165) is 41.2 Å². The van der Waals surface area contributed by atoms with Gasteiger partial charge in [-0.3, -0.25) is 4.40 Å². The lowest BCUT2D eigenvalue weighted by Crippen LogP contribution is -2.38. The molecule has 2 aromatic carbocycles. The molecule has 1 N–H and O–H groups in total. The first-order chi connectivity index (χ1) is 14.7. The average Bonchev–Trinajstić information content (AvgIpc) is 3.39. The summed E-state index contributed by atoms with van der Waals surface area (Å²) < 4.78 is 2.16. The maximum atomic E-state index is 12.9. The Labute approximate surface area is 180 Å². The summed E-state index contributed by atoms with van der Waals surface area (Å²) in [4.78, 5) is 20.6. The highest BCUT2D eigenvalue weighted by molar-refractivity contribution is 7.15. The highest BCUT2D eigenvalue weighted by atomic mass is 32.1. The first-order valence-corrected chi connectivity index (χ1v) is 11.2. The van der Waals surface area contributed by atoms with Crippen molar-refractivity contribution in [1.82, 2.24) is 14.3 Å². The third-order valence-corrected chi connectivity index (χ3v) is 6.40. The minimum absolute atomic E-state index is 0.0107. The van der Waals surface area contributed by atoms with Gasteiger partial charge in [0.2, 0.25) is 0 Å². The van der Waals surface area contributed by atoms with Gasteiger partial charge in [0.15, 0.2) is 4.96 Å². The number of aromatic nitrogens is 2. The quantitative estimate of drug-likeness (QED) is 0.444. The second-order valence-electron chi connectivity index (χ2n) is 7.84. The third kappa shape index (κ3) is 3.96. The molecule has 0 saturated heterocycles. The number of hydrogen-bond donors (Lipinski definition) is 1. The standard InChI is InChI=1S/C24H24N4OS/c1-17-7-9-19(10-8-17)25-23(29)27(20-11-12-20)14-13-21-16-30-24-26-22(15-28(21)24)18-5-3-2-4-6-18/h2-10,15-16,20H,11-14H2,1H3,(H,25,29). The average molecular weight is 417 g/mol. The maximum Gasteiger partial charge on any atom is 0.322 e. The molecule has 6 heteroatoms. The number of aryl methyl sites for hydroxylation is 1. The Bertz CT molecular complexity index is 1160. The molecule has 0 unspecified atom stereocenters. The summed E-state index contributed by atoms with van der Waals surface area (Å²) in [5, 5.41) is 5.21. The fraction of sp³-hybridized carbons (Fsp3) is 0.250. The Hall–Kier alpha value is -3.12. The number of carbonyl (C=O) groups excluding carboxylic acids is 1. The SMILES string of the molecule is Cc1ccc(NC(=O)N(CCc2csc3nc(-c4ccccc4)cn23)C2CC2)cc1. The van der Waals surface area contributed by atoms with E-state index < -0.39 is 0 Å². The van der Waals surface area contributed by atoms with Crippen LogP contribution in [-0.2, 0) is 6.42 Å². The van der Waals surface area contributed by atoms with Crippen LogP contribution in [0.5, 0.6) is 0 Å². The van der Waals surface area contributed by atoms with E-state index in [4.69, 9.17) is 4.98 Å². The van der Waals surface area contributed by atoms with Crippen molar-refractivity contribution in [3.05, 3.63) is 77.4 Å². The number of carbonyl (C=O) groups is 1. The van der Waals surface area contributed by atoms with Gasteiger partial charge in [-0.15, -0.1) is 11.3 Å². The fourth-order valence-electron chi connectivity index (χ4n) is 3.66. The van der Waals surface area contributed by atoms with Crippen LogP contribution in [0.25, 0.3) is 16.2 Å². The maximum absolute atomic E-state index is 12.9. The Balaban J connectivity index is 1.30. The minimum atomic E-state index is -0.0107. The Morgan fingerprint density at radius 3 is 2.67 bits per heavy atom. The lowest BCUT2D eigenvalue weighted by atomic mass is 10.2. The molecule has 0 atom stereocenters. The van der Waals surface area contributed by atoms with Crippen LogP contribution in [0.2, 0.25) is 0 Å². The van der Waals surface area contributed by atoms with E-state index in [-0.39, 0.29) is 6.03 Å². The van der Waals surface area contributed by atoms with Gasteiger partial charge in [0.05, 0.1) is 5.69 Å². The molecule has 0 spiro atoms. The van der Waals surface area contributed by atoms with Gasteiger partial charge >= 0.3 is 6.03 Å². The highest BCUT2D eigenvalue weighted by Gasteiger charge is 2.32. The van der Waals surface area contributed by atoms with Crippen LogP contribution in [0.15, 0.2) is 66.2 Å². The van der Waals surface area contributed by atoms with Crippen LogP contribution in [0.4, 0.5) is 10.5 Å². The van der Waals surface area contributed by atoms with Gasteiger partial charge in [-0.2, -0.15) is 0 Å². The summed E-state index contributed by atoms with van der Waals surface area (Å²) in [6.45, 7) is 2.75. The predicted molar refractivity (Wildman–Crippen MR) is 122 cm³/mol. The third-order valence-electron chi connectivity index (χ3n) is 5.51. The van der Waals surface area contributed by atoms with Crippen LogP contribution in [0, 0.1) is 6.92 Å². The Morgan fingerprint density at radius 2 is 1.93 bits per heavy atom. The monoisotopic (exact) mass is 416 g/mol. The largest absolute Gasteiger partial charge is 0.322 e. The molecular weight excluding hydrogens is 392 g/mol. The molecule has 2 aromatic heterocycles. The Kier molecular flexibility index (Phi) is 5.01. The molecule has 30 heavy (non-hydrogen) atoms. The van der Waals surface area contributed by atoms with Crippen molar-refractivity contribution in [2.75, 3.05) is 11.9 Å². The molecule has 152 valence electrons. The smallest absolute Gasteiger partial charge is 0.321 e. The van der Waals surface area contributed by atoms with Gasteiger partial charge in [0, 0.05) is 47.5 Å². The molecule has 0 bridgehead atoms. The zero-order valence-corrected chi connectivity index (χ0v) is 17.7. The molecule has 2 amide bonds. The molecule has 1 saturated carbocycles. The van der Waals surface area contributed by atoms with Crippen molar-refractivity contribution < 1.29 is 4.79 Å². The zero-order valence-electron chi connectivity index (χ0n) is 16.9. The van der Waals surface area contributed by atoms with E-state index in [1.54, 1.807) is 11.3 Å². The summed E-state index contributed by atoms with van der Waals surface area (Å²) >= 11 is 1.65. The molecular formula is C24H24N4OS. The van der Waals surface area contributed by atoms with Crippen molar-refractivity contribution in [1.29, 1.82) is 0 Å². The van der Waals surface area contributed by atoms with Crippen molar-refractivity contribution in [3.63, 3.8) is 0 Å². The number of thiazole rings is 1. The van der Waals surface area contributed by atoms with Gasteiger partial charge in [-0.05, 0) is 31.9 Å². The van der Waals surface area contributed by atoms with E-state index in [1.165, 1.54) is 11.3 Å². The molecule has 0 aliphatic heterocycles. The molecule has 5 rings (SSSR count). The summed E-state index contributed by atoms with van der Waals surface area (Å²) in [6, 6.07) is 18.5. The molecule has 5 nitrogen and oxygen atoms in total. The minimum Gasteiger partial charge on any atom is -0.321 e. The van der Waals surface area contributed by atoms with E-state index in [1.807, 2.05) is 54.3 Å². The number of anilines is 1. The number of imidazole rings is 1. The van der Waals surface area contributed by atoms with Gasteiger partial charge in [0.25, 0.3) is 0 Å². The molecule has 1 aliphatic rings. The van der Waals surface area contributed by atoms with Crippen LogP contribution in [0.3, 0.4) is 0 Å². The number of benzene rings is 2. The van der Waals surface area contributed by atoms with E-state index in [0.29, 0.717) is 12.6 Å². The lowest BCUT2D eigenvalue weighted by Gasteiger charge is -2.23. The molecule has 1 fully saturated rings. The second-order valence-corrected chi connectivity index (χ2v) is 8.68. The highest BCUT2D eigenvalue weighted by Crippen LogP contribution is 2.29. The first kappa shape index (κ1) is 18.9. The first-order valence-electron chi connectivity index (χ1n) is 10.3.